The molecule has 0 radical (unpaired) electrons. The van der Waals surface area contributed by atoms with Gasteiger partial charge in [0.1, 0.15) is 13.2 Å². The van der Waals surface area contributed by atoms with Crippen LogP contribution in [-0.4, -0.2) is 37.2 Å². The van der Waals surface area contributed by atoms with Gasteiger partial charge in [-0.25, -0.2) is 0 Å². The minimum Gasteiger partial charge on any atom is -0.462 e. The Kier molecular flexibility index (Phi) is 52.8. The SMILES string of the molecule is CCCCC/C=C\C/C=C\C/C=C\CCCCCCCCC(=O)OC[C@@H](COC(=O)CCCCCCCCCCCC)OC(=O)CCCCCCCCC/C=C\CCCCCCCCCC. The number of unbranched alkanes of at least 4 members (excludes halogenated alkanes) is 33. The summed E-state index contributed by atoms with van der Waals surface area (Å²) in [6.07, 6.45) is 66.7. The van der Waals surface area contributed by atoms with E-state index in [1.165, 1.54) is 180 Å². The maximum atomic E-state index is 12.8. The van der Waals surface area contributed by atoms with Crippen molar-refractivity contribution in [3.63, 3.8) is 0 Å². The first-order chi connectivity index (χ1) is 32.5. The fourth-order valence-electron chi connectivity index (χ4n) is 8.21. The van der Waals surface area contributed by atoms with Crippen LogP contribution in [0.3, 0.4) is 0 Å². The molecule has 0 aliphatic heterocycles. The van der Waals surface area contributed by atoms with Crippen LogP contribution < -0.4 is 0 Å². The molecule has 0 heterocycles. The van der Waals surface area contributed by atoms with Crippen LogP contribution in [0.1, 0.15) is 297 Å². The zero-order valence-corrected chi connectivity index (χ0v) is 44.0. The summed E-state index contributed by atoms with van der Waals surface area (Å²) >= 11 is 0. The Morgan fingerprint density at radius 3 is 0.894 bits per heavy atom. The highest BCUT2D eigenvalue weighted by Gasteiger charge is 2.19. The standard InChI is InChI=1S/C60H108O6/c1-4-7-10-13-16-19-22-24-26-28-30-32-34-36-38-41-44-47-50-53-59(62)65-56-57(55-64-58(61)52-49-46-43-40-21-18-15-12-9-6-3)66-60(63)54-51-48-45-42-39-37-35-33-31-29-27-25-23-20-17-14-11-8-5-2/h16,19,24,26,29-32,57H,4-15,17-18,20-23,25,27-28,33-56H2,1-3H3/b19-16-,26-24-,31-29-,32-30-/t57-/m1/s1. The second kappa shape index (κ2) is 55.0. The van der Waals surface area contributed by atoms with E-state index in [9.17, 15) is 14.4 Å². The lowest BCUT2D eigenvalue weighted by Crippen LogP contribution is -2.30. The van der Waals surface area contributed by atoms with Crippen molar-refractivity contribution in [2.75, 3.05) is 13.2 Å². The molecule has 0 unspecified atom stereocenters. The zero-order chi connectivity index (χ0) is 47.9. The minimum atomic E-state index is -0.778. The topological polar surface area (TPSA) is 78.9 Å². The van der Waals surface area contributed by atoms with E-state index in [0.29, 0.717) is 19.3 Å². The van der Waals surface area contributed by atoms with Gasteiger partial charge in [-0.3, -0.25) is 14.4 Å². The van der Waals surface area contributed by atoms with Crippen molar-refractivity contribution in [3.8, 4) is 0 Å². The van der Waals surface area contributed by atoms with E-state index in [2.05, 4.69) is 69.4 Å². The molecule has 0 rings (SSSR count). The first-order valence-corrected chi connectivity index (χ1v) is 28.6. The first-order valence-electron chi connectivity index (χ1n) is 28.6. The predicted molar refractivity (Wildman–Crippen MR) is 284 cm³/mol. The van der Waals surface area contributed by atoms with Gasteiger partial charge in [0.25, 0.3) is 0 Å². The van der Waals surface area contributed by atoms with E-state index in [1.807, 2.05) is 0 Å². The van der Waals surface area contributed by atoms with Gasteiger partial charge in [0.15, 0.2) is 6.10 Å². The van der Waals surface area contributed by atoms with Gasteiger partial charge in [-0.15, -0.1) is 0 Å². The molecule has 0 aromatic heterocycles. The summed E-state index contributed by atoms with van der Waals surface area (Å²) in [7, 11) is 0. The molecule has 0 fully saturated rings. The van der Waals surface area contributed by atoms with Gasteiger partial charge in [-0.05, 0) is 83.5 Å². The number of allylic oxidation sites excluding steroid dienone is 8. The van der Waals surface area contributed by atoms with Crippen molar-refractivity contribution < 1.29 is 28.6 Å². The van der Waals surface area contributed by atoms with E-state index in [0.717, 1.165) is 77.0 Å². The van der Waals surface area contributed by atoms with Crippen LogP contribution in [0.4, 0.5) is 0 Å². The second-order valence-corrected chi connectivity index (χ2v) is 19.2. The molecule has 0 amide bonds. The van der Waals surface area contributed by atoms with Crippen molar-refractivity contribution in [1.82, 2.24) is 0 Å². The molecule has 0 spiro atoms. The molecule has 0 aliphatic carbocycles. The van der Waals surface area contributed by atoms with Crippen LogP contribution in [0, 0.1) is 0 Å². The summed E-state index contributed by atoms with van der Waals surface area (Å²) in [6.45, 7) is 6.61. The number of ether oxygens (including phenoxy) is 3. The minimum absolute atomic E-state index is 0.0767. The summed E-state index contributed by atoms with van der Waals surface area (Å²) < 4.78 is 16.8. The Hall–Kier alpha value is -2.63. The number of hydrogen-bond donors (Lipinski definition) is 0. The Morgan fingerprint density at radius 2 is 0.545 bits per heavy atom. The molecule has 0 saturated heterocycles. The zero-order valence-electron chi connectivity index (χ0n) is 44.0. The maximum absolute atomic E-state index is 12.8. The molecule has 0 aliphatic rings. The van der Waals surface area contributed by atoms with Crippen LogP contribution in [0.2, 0.25) is 0 Å². The summed E-state index contributed by atoms with van der Waals surface area (Å²) in [5.74, 6) is -0.883. The summed E-state index contributed by atoms with van der Waals surface area (Å²) in [5.41, 5.74) is 0. The number of hydrogen-bond acceptors (Lipinski definition) is 6. The molecular weight excluding hydrogens is 817 g/mol. The molecule has 0 bridgehead atoms. The Balaban J connectivity index is 4.32. The van der Waals surface area contributed by atoms with E-state index in [4.69, 9.17) is 14.2 Å². The third-order valence-electron chi connectivity index (χ3n) is 12.6. The highest BCUT2D eigenvalue weighted by molar-refractivity contribution is 5.71. The molecule has 0 aromatic carbocycles. The molecule has 0 aromatic rings. The van der Waals surface area contributed by atoms with Gasteiger partial charge < -0.3 is 14.2 Å². The van der Waals surface area contributed by atoms with Crippen molar-refractivity contribution >= 4 is 17.9 Å². The predicted octanol–water partition coefficient (Wildman–Crippen LogP) is 19.0. The van der Waals surface area contributed by atoms with Crippen molar-refractivity contribution in [1.29, 1.82) is 0 Å². The summed E-state index contributed by atoms with van der Waals surface area (Å²) in [6, 6.07) is 0. The van der Waals surface area contributed by atoms with Crippen LogP contribution in [0.15, 0.2) is 48.6 Å². The van der Waals surface area contributed by atoms with Gasteiger partial charge in [0.05, 0.1) is 0 Å². The van der Waals surface area contributed by atoms with Gasteiger partial charge in [-0.1, -0.05) is 243 Å². The number of carbonyl (C=O) groups is 3. The molecule has 384 valence electrons. The average Bonchev–Trinajstić information content (AvgIpc) is 3.31. The smallest absolute Gasteiger partial charge is 0.306 e. The summed E-state index contributed by atoms with van der Waals surface area (Å²) in [4.78, 5) is 38.1. The third-order valence-corrected chi connectivity index (χ3v) is 12.6. The van der Waals surface area contributed by atoms with Crippen LogP contribution >= 0.6 is 0 Å². The number of rotatable bonds is 52. The maximum Gasteiger partial charge on any atom is 0.306 e. The van der Waals surface area contributed by atoms with E-state index in [1.54, 1.807) is 0 Å². The molecule has 66 heavy (non-hydrogen) atoms. The van der Waals surface area contributed by atoms with E-state index in [-0.39, 0.29) is 31.1 Å². The average molecular weight is 926 g/mol. The fourth-order valence-corrected chi connectivity index (χ4v) is 8.21. The monoisotopic (exact) mass is 925 g/mol. The van der Waals surface area contributed by atoms with Crippen molar-refractivity contribution in [2.45, 2.75) is 303 Å². The molecule has 0 N–H and O–H groups in total. The van der Waals surface area contributed by atoms with Gasteiger partial charge in [0, 0.05) is 19.3 Å². The number of esters is 3. The van der Waals surface area contributed by atoms with Crippen LogP contribution in [0.5, 0.6) is 0 Å². The highest BCUT2D eigenvalue weighted by atomic mass is 16.6. The summed E-state index contributed by atoms with van der Waals surface area (Å²) in [5, 5.41) is 0. The highest BCUT2D eigenvalue weighted by Crippen LogP contribution is 2.15. The molecule has 1 atom stereocenters. The second-order valence-electron chi connectivity index (χ2n) is 19.2. The van der Waals surface area contributed by atoms with Crippen LogP contribution in [0.25, 0.3) is 0 Å². The van der Waals surface area contributed by atoms with Crippen LogP contribution in [-0.2, 0) is 28.6 Å². The Bertz CT molecular complexity index is 1150. The lowest BCUT2D eigenvalue weighted by Gasteiger charge is -2.18. The fraction of sp³-hybridized carbons (Fsp3) is 0.817. The van der Waals surface area contributed by atoms with E-state index < -0.39 is 6.10 Å². The lowest BCUT2D eigenvalue weighted by atomic mass is 10.1. The van der Waals surface area contributed by atoms with Crippen molar-refractivity contribution in [3.05, 3.63) is 48.6 Å². The lowest BCUT2D eigenvalue weighted by molar-refractivity contribution is -0.167. The molecule has 6 heteroatoms. The Labute approximate surface area is 409 Å². The first kappa shape index (κ1) is 63.4. The molecule has 6 nitrogen and oxygen atoms in total. The molecule has 0 saturated carbocycles. The van der Waals surface area contributed by atoms with Crippen molar-refractivity contribution in [2.24, 2.45) is 0 Å². The van der Waals surface area contributed by atoms with Gasteiger partial charge in [-0.2, -0.15) is 0 Å². The largest absolute Gasteiger partial charge is 0.462 e. The molecular formula is C60H108O6. The Morgan fingerprint density at radius 1 is 0.303 bits per heavy atom. The third kappa shape index (κ3) is 52.3. The quantitative estimate of drug-likeness (QED) is 0.0262. The normalized spacial score (nSPS) is 12.3. The van der Waals surface area contributed by atoms with Gasteiger partial charge >= 0.3 is 17.9 Å². The number of carbonyl (C=O) groups excluding carboxylic acids is 3. The van der Waals surface area contributed by atoms with Gasteiger partial charge in [0.2, 0.25) is 0 Å². The van der Waals surface area contributed by atoms with E-state index >= 15 is 0 Å².